The summed E-state index contributed by atoms with van der Waals surface area (Å²) in [6, 6.07) is 10.1. The quantitative estimate of drug-likeness (QED) is 0.0191. The molecule has 0 heterocycles. The van der Waals surface area contributed by atoms with Gasteiger partial charge in [0.25, 0.3) is 0 Å². The SMILES string of the molecule is CCCCCCOc1cc2c3cc(OCCCCCC)c(OCCCCCC)cc3c3c([N+](=O)[O-])c(OCCCCCC)c(OCCCCCC)cc3c2cc1OCCCCCC. The van der Waals surface area contributed by atoms with Crippen molar-refractivity contribution in [2.45, 2.75) is 196 Å². The Morgan fingerprint density at radius 3 is 0.905 bits per heavy atom. The van der Waals surface area contributed by atoms with Crippen molar-refractivity contribution in [1.29, 1.82) is 0 Å². The van der Waals surface area contributed by atoms with E-state index in [1.54, 1.807) is 0 Å². The predicted molar refractivity (Wildman–Crippen MR) is 263 cm³/mol. The maximum Gasteiger partial charge on any atom is 0.323 e. The van der Waals surface area contributed by atoms with Gasteiger partial charge in [0.15, 0.2) is 28.7 Å². The van der Waals surface area contributed by atoms with Crippen LogP contribution in [0.2, 0.25) is 0 Å². The lowest BCUT2D eigenvalue weighted by Gasteiger charge is -2.21. The summed E-state index contributed by atoms with van der Waals surface area (Å²) in [5.74, 6) is 3.17. The Morgan fingerprint density at radius 2 is 0.603 bits per heavy atom. The smallest absolute Gasteiger partial charge is 0.323 e. The Bertz CT molecular complexity index is 1870. The first-order valence-electron chi connectivity index (χ1n) is 25.4. The molecule has 0 spiro atoms. The largest absolute Gasteiger partial charge is 0.490 e. The number of ether oxygens (including phenoxy) is 6. The van der Waals surface area contributed by atoms with E-state index in [1.165, 1.54) is 0 Å². The van der Waals surface area contributed by atoms with Crippen LogP contribution < -0.4 is 28.4 Å². The van der Waals surface area contributed by atoms with Gasteiger partial charge in [-0.05, 0) is 85.0 Å². The molecule has 0 bridgehead atoms. The van der Waals surface area contributed by atoms with E-state index >= 15 is 0 Å². The summed E-state index contributed by atoms with van der Waals surface area (Å²) in [6.45, 7) is 16.2. The zero-order chi connectivity index (χ0) is 45.1. The Morgan fingerprint density at radius 1 is 0.349 bits per heavy atom. The third-order valence-corrected chi connectivity index (χ3v) is 11.9. The topological polar surface area (TPSA) is 98.5 Å². The second kappa shape index (κ2) is 30.1. The summed E-state index contributed by atoms with van der Waals surface area (Å²) in [7, 11) is 0. The third kappa shape index (κ3) is 16.1. The molecule has 0 saturated heterocycles. The number of unbranched alkanes of at least 4 members (excludes halogenated alkanes) is 18. The van der Waals surface area contributed by atoms with Crippen molar-refractivity contribution < 1.29 is 33.3 Å². The summed E-state index contributed by atoms with van der Waals surface area (Å²) in [5.41, 5.74) is -0.0844. The highest BCUT2D eigenvalue weighted by Gasteiger charge is 2.30. The van der Waals surface area contributed by atoms with Gasteiger partial charge in [0.05, 0.1) is 50.0 Å². The first-order valence-corrected chi connectivity index (χ1v) is 25.4. The van der Waals surface area contributed by atoms with Crippen LogP contribution in [0.4, 0.5) is 5.69 Å². The lowest BCUT2D eigenvalue weighted by molar-refractivity contribution is -0.384. The van der Waals surface area contributed by atoms with Gasteiger partial charge in [0, 0.05) is 10.8 Å². The van der Waals surface area contributed by atoms with Gasteiger partial charge in [-0.1, -0.05) is 157 Å². The maximum absolute atomic E-state index is 13.7. The zero-order valence-corrected chi connectivity index (χ0v) is 40.3. The number of rotatable bonds is 37. The van der Waals surface area contributed by atoms with Crippen molar-refractivity contribution in [1.82, 2.24) is 0 Å². The molecule has 352 valence electrons. The molecule has 0 aromatic heterocycles. The van der Waals surface area contributed by atoms with Crippen molar-refractivity contribution in [3.05, 3.63) is 40.4 Å². The molecule has 0 unspecified atom stereocenters. The van der Waals surface area contributed by atoms with E-state index in [-0.39, 0.29) is 16.4 Å². The van der Waals surface area contributed by atoms with Crippen molar-refractivity contribution in [3.8, 4) is 34.5 Å². The number of hydrogen-bond donors (Lipinski definition) is 0. The van der Waals surface area contributed by atoms with Gasteiger partial charge < -0.3 is 28.4 Å². The molecule has 4 rings (SSSR count). The molecule has 0 amide bonds. The molecule has 0 aliphatic rings. The fourth-order valence-electron chi connectivity index (χ4n) is 8.24. The first-order chi connectivity index (χ1) is 30.9. The van der Waals surface area contributed by atoms with Gasteiger partial charge in [0.1, 0.15) is 0 Å². The summed E-state index contributed by atoms with van der Waals surface area (Å²) in [5, 5.41) is 18.2. The van der Waals surface area contributed by atoms with E-state index in [0.29, 0.717) is 84.5 Å². The van der Waals surface area contributed by atoms with Crippen LogP contribution in [0.15, 0.2) is 30.3 Å². The van der Waals surface area contributed by atoms with Crippen LogP contribution in [0.3, 0.4) is 0 Å². The van der Waals surface area contributed by atoms with Crippen molar-refractivity contribution in [3.63, 3.8) is 0 Å². The number of nitro groups is 1. The van der Waals surface area contributed by atoms with Gasteiger partial charge in [0.2, 0.25) is 5.75 Å². The van der Waals surface area contributed by atoms with Crippen LogP contribution in [0.5, 0.6) is 34.5 Å². The van der Waals surface area contributed by atoms with Crippen LogP contribution in [-0.4, -0.2) is 44.6 Å². The number of hydrogen-bond acceptors (Lipinski definition) is 8. The van der Waals surface area contributed by atoms with Crippen LogP contribution in [0.1, 0.15) is 196 Å². The maximum atomic E-state index is 13.7. The first kappa shape index (κ1) is 51.5. The van der Waals surface area contributed by atoms with Crippen molar-refractivity contribution in [2.24, 2.45) is 0 Å². The molecule has 0 radical (unpaired) electrons. The highest BCUT2D eigenvalue weighted by atomic mass is 16.6. The minimum atomic E-state index is -0.277. The second-order valence-corrected chi connectivity index (χ2v) is 17.4. The minimum Gasteiger partial charge on any atom is -0.490 e. The molecule has 63 heavy (non-hydrogen) atoms. The van der Waals surface area contributed by atoms with E-state index in [1.807, 2.05) is 24.3 Å². The van der Waals surface area contributed by atoms with E-state index in [0.717, 1.165) is 170 Å². The van der Waals surface area contributed by atoms with Crippen molar-refractivity contribution >= 4 is 38.0 Å². The van der Waals surface area contributed by atoms with Crippen LogP contribution in [0, 0.1) is 10.1 Å². The van der Waals surface area contributed by atoms with E-state index in [2.05, 4.69) is 47.6 Å². The molecule has 9 heteroatoms. The monoisotopic (exact) mass is 874 g/mol. The van der Waals surface area contributed by atoms with Gasteiger partial charge >= 0.3 is 5.69 Å². The molecule has 0 saturated carbocycles. The molecular weight excluding hydrogens is 791 g/mol. The fraction of sp³-hybridized carbons (Fsp3) is 0.667. The summed E-state index contributed by atoms with van der Waals surface area (Å²) in [4.78, 5) is 13.4. The second-order valence-electron chi connectivity index (χ2n) is 17.4. The van der Waals surface area contributed by atoms with Crippen LogP contribution >= 0.6 is 0 Å². The van der Waals surface area contributed by atoms with E-state index in [4.69, 9.17) is 28.4 Å². The predicted octanol–water partition coefficient (Wildman–Crippen LogP) is 16.8. The molecule has 0 atom stereocenters. The standard InChI is InChI=1S/C54H83NO8/c1-7-13-19-25-31-58-47-37-42-43-38-49(60-33-27-21-15-9-3)50(61-34-28-22-16-10-4)40-45(43)52-46(44(42)39-48(47)59-32-26-20-14-8-2)41-51(62-35-29-23-17-11-5)54(53(52)55(56)57)63-36-30-24-18-12-6/h37-41H,7-36H2,1-6H3. The number of fused-ring (bicyclic) bond motifs is 6. The number of nitro benzene ring substituents is 1. The van der Waals surface area contributed by atoms with E-state index < -0.39 is 0 Å². The Kier molecular flexibility index (Phi) is 24.6. The molecule has 0 fully saturated rings. The molecule has 4 aromatic rings. The zero-order valence-electron chi connectivity index (χ0n) is 40.3. The molecular formula is C54H83NO8. The van der Waals surface area contributed by atoms with Crippen LogP contribution in [-0.2, 0) is 0 Å². The highest BCUT2D eigenvalue weighted by molar-refractivity contribution is 6.29. The number of nitrogens with zero attached hydrogens (tertiary/aromatic N) is 1. The normalized spacial score (nSPS) is 11.5. The summed E-state index contributed by atoms with van der Waals surface area (Å²) in [6.07, 6.45) is 25.3. The molecule has 9 nitrogen and oxygen atoms in total. The van der Waals surface area contributed by atoms with Gasteiger partial charge in [-0.2, -0.15) is 0 Å². The molecule has 0 aliphatic heterocycles. The van der Waals surface area contributed by atoms with Gasteiger partial charge in [-0.25, -0.2) is 0 Å². The highest BCUT2D eigenvalue weighted by Crippen LogP contribution is 2.52. The minimum absolute atomic E-state index is 0.0844. The number of benzene rings is 4. The average Bonchev–Trinajstić information content (AvgIpc) is 3.28. The van der Waals surface area contributed by atoms with Gasteiger partial charge in [-0.3, -0.25) is 10.1 Å². The summed E-state index contributed by atoms with van der Waals surface area (Å²) >= 11 is 0. The molecule has 4 aromatic carbocycles. The van der Waals surface area contributed by atoms with Crippen LogP contribution in [0.25, 0.3) is 32.3 Å². The Labute approximate surface area is 380 Å². The third-order valence-electron chi connectivity index (χ3n) is 11.9. The van der Waals surface area contributed by atoms with E-state index in [9.17, 15) is 10.1 Å². The Hall–Kier alpha value is -4.14. The van der Waals surface area contributed by atoms with Gasteiger partial charge in [-0.15, -0.1) is 0 Å². The van der Waals surface area contributed by atoms with Crippen molar-refractivity contribution in [2.75, 3.05) is 39.6 Å². The molecule has 0 N–H and O–H groups in total. The fourth-order valence-corrected chi connectivity index (χ4v) is 8.24. The lowest BCUT2D eigenvalue weighted by Crippen LogP contribution is -2.07. The Balaban J connectivity index is 2.07. The lowest BCUT2D eigenvalue weighted by atomic mass is 9.92. The average molecular weight is 874 g/mol. The summed E-state index contributed by atoms with van der Waals surface area (Å²) < 4.78 is 39.4. The molecule has 0 aliphatic carbocycles.